The average Bonchev–Trinajstić information content (AvgIpc) is 3.15. The average molecular weight is 409 g/mol. The van der Waals surface area contributed by atoms with Crippen molar-refractivity contribution in [2.75, 3.05) is 19.0 Å². The number of benzene rings is 1. The van der Waals surface area contributed by atoms with Gasteiger partial charge in [-0.1, -0.05) is 29.9 Å². The van der Waals surface area contributed by atoms with Gasteiger partial charge in [-0.3, -0.25) is 9.59 Å². The Kier molecular flexibility index (Phi) is 6.57. The predicted octanol–water partition coefficient (Wildman–Crippen LogP) is 4.71. The van der Waals surface area contributed by atoms with Gasteiger partial charge in [-0.05, 0) is 44.0 Å². The molecule has 158 valence electrons. The molecule has 1 atom stereocenters. The van der Waals surface area contributed by atoms with Crippen LogP contribution in [0.3, 0.4) is 0 Å². The van der Waals surface area contributed by atoms with Crippen molar-refractivity contribution in [2.45, 2.75) is 40.2 Å². The molecule has 1 N–H and O–H groups in total. The summed E-state index contributed by atoms with van der Waals surface area (Å²) in [6.45, 7) is 7.45. The molecule has 1 fully saturated rings. The van der Waals surface area contributed by atoms with Gasteiger partial charge in [-0.25, -0.2) is 0 Å². The zero-order valence-electron chi connectivity index (χ0n) is 18.0. The van der Waals surface area contributed by atoms with Crippen molar-refractivity contribution in [1.82, 2.24) is 0 Å². The van der Waals surface area contributed by atoms with Gasteiger partial charge in [0.25, 0.3) is 5.95 Å². The van der Waals surface area contributed by atoms with Gasteiger partial charge >= 0.3 is 0 Å². The highest BCUT2D eigenvalue weighted by atomic mass is 16.6. The van der Waals surface area contributed by atoms with Gasteiger partial charge in [0.2, 0.25) is 5.91 Å². The molecule has 1 saturated heterocycles. The Morgan fingerprint density at radius 2 is 1.87 bits per heavy atom. The maximum absolute atomic E-state index is 12.4. The summed E-state index contributed by atoms with van der Waals surface area (Å²) in [5.74, 6) is 0.675. The minimum absolute atomic E-state index is 0.0760. The molecule has 6 nitrogen and oxygen atoms in total. The molecule has 0 spiro atoms. The largest absolute Gasteiger partial charge is 0.468 e. The lowest BCUT2D eigenvalue weighted by Crippen LogP contribution is -2.15. The van der Waals surface area contributed by atoms with Crippen molar-refractivity contribution >= 4 is 17.7 Å². The highest BCUT2D eigenvalue weighted by Crippen LogP contribution is 2.35. The van der Waals surface area contributed by atoms with Gasteiger partial charge < -0.3 is 19.2 Å². The van der Waals surface area contributed by atoms with Crippen molar-refractivity contribution in [3.05, 3.63) is 74.2 Å². The smallest absolute Gasteiger partial charge is 0.291 e. The number of carbonyl (C=O) groups excluding carboxylic acids is 1. The van der Waals surface area contributed by atoms with Crippen molar-refractivity contribution < 1.29 is 18.7 Å². The fourth-order valence-corrected chi connectivity index (χ4v) is 3.57. The van der Waals surface area contributed by atoms with Crippen LogP contribution in [0.2, 0.25) is 0 Å². The second-order valence-corrected chi connectivity index (χ2v) is 7.53. The van der Waals surface area contributed by atoms with Gasteiger partial charge in [-0.15, -0.1) is 0 Å². The number of hydrogen-bond acceptors (Lipinski definition) is 5. The van der Waals surface area contributed by atoms with E-state index in [0.29, 0.717) is 29.9 Å². The number of anilines is 1. The van der Waals surface area contributed by atoms with Gasteiger partial charge in [0, 0.05) is 24.6 Å². The lowest BCUT2D eigenvalue weighted by molar-refractivity contribution is -0.114. The molecule has 1 unspecified atom stereocenters. The predicted molar refractivity (Wildman–Crippen MR) is 117 cm³/mol. The number of methoxy groups -OCH3 is 1. The second-order valence-electron chi connectivity index (χ2n) is 7.53. The highest BCUT2D eigenvalue weighted by Gasteiger charge is 2.28. The molecule has 1 amide bonds. The minimum Gasteiger partial charge on any atom is -0.468 e. The van der Waals surface area contributed by atoms with Crippen molar-refractivity contribution in [3.63, 3.8) is 0 Å². The molecule has 0 bridgehead atoms. The lowest BCUT2D eigenvalue weighted by atomic mass is 10.0. The van der Waals surface area contributed by atoms with Crippen LogP contribution >= 0.6 is 0 Å². The number of allylic oxidation sites excluding steroid dienone is 2. The van der Waals surface area contributed by atoms with Crippen LogP contribution in [0.5, 0.6) is 5.95 Å². The third-order valence-electron chi connectivity index (χ3n) is 5.01. The molecule has 6 heteroatoms. The highest BCUT2D eigenvalue weighted by molar-refractivity contribution is 5.88. The molecule has 0 saturated carbocycles. The monoisotopic (exact) mass is 409 g/mol. The van der Waals surface area contributed by atoms with Gasteiger partial charge in [0.15, 0.2) is 5.43 Å². The topological polar surface area (TPSA) is 77.8 Å². The summed E-state index contributed by atoms with van der Waals surface area (Å²) in [4.78, 5) is 23.5. The van der Waals surface area contributed by atoms with Crippen LogP contribution in [0.15, 0.2) is 50.7 Å². The molecule has 1 aliphatic rings. The van der Waals surface area contributed by atoms with E-state index in [2.05, 4.69) is 17.5 Å². The fourth-order valence-electron chi connectivity index (χ4n) is 3.57. The zero-order valence-corrected chi connectivity index (χ0v) is 18.0. The summed E-state index contributed by atoms with van der Waals surface area (Å²) in [7, 11) is 1.49. The van der Waals surface area contributed by atoms with E-state index >= 15 is 0 Å². The number of carbonyl (C=O) groups is 1. The van der Waals surface area contributed by atoms with Crippen LogP contribution < -0.4 is 15.5 Å². The van der Waals surface area contributed by atoms with Gasteiger partial charge in [0.1, 0.15) is 11.9 Å². The van der Waals surface area contributed by atoms with Crippen molar-refractivity contribution in [2.24, 2.45) is 0 Å². The van der Waals surface area contributed by atoms with E-state index in [-0.39, 0.29) is 23.4 Å². The Hall–Kier alpha value is -3.12. The SMILES string of the molecule is COc1oc(C2C/C(=C/C(C)=C/c3ccc(NC(C)=O)cc3)CO2)c(C)c(=O)c1C. The summed E-state index contributed by atoms with van der Waals surface area (Å²) in [6, 6.07) is 7.66. The fraction of sp³-hybridized carbons (Fsp3) is 0.333. The third-order valence-corrected chi connectivity index (χ3v) is 5.01. The first-order valence-electron chi connectivity index (χ1n) is 9.83. The summed E-state index contributed by atoms with van der Waals surface area (Å²) >= 11 is 0. The molecule has 0 aliphatic carbocycles. The summed E-state index contributed by atoms with van der Waals surface area (Å²) in [6.07, 6.45) is 4.52. The molecular formula is C24H27NO5. The first-order valence-corrected chi connectivity index (χ1v) is 9.83. The Bertz CT molecular complexity index is 1060. The lowest BCUT2D eigenvalue weighted by Gasteiger charge is -2.13. The van der Waals surface area contributed by atoms with Crippen molar-refractivity contribution in [1.29, 1.82) is 0 Å². The summed E-state index contributed by atoms with van der Waals surface area (Å²) < 4.78 is 16.9. The van der Waals surface area contributed by atoms with Crippen LogP contribution in [-0.2, 0) is 9.53 Å². The van der Waals surface area contributed by atoms with E-state index in [1.165, 1.54) is 14.0 Å². The van der Waals surface area contributed by atoms with E-state index in [9.17, 15) is 9.59 Å². The number of rotatable bonds is 5. The Morgan fingerprint density at radius 3 is 2.50 bits per heavy atom. The van der Waals surface area contributed by atoms with Gasteiger partial charge in [0.05, 0.1) is 19.3 Å². The Balaban J connectivity index is 1.75. The van der Waals surface area contributed by atoms with Crippen LogP contribution in [-0.4, -0.2) is 19.6 Å². The first-order chi connectivity index (χ1) is 14.3. The molecule has 30 heavy (non-hydrogen) atoms. The van der Waals surface area contributed by atoms with Crippen LogP contribution in [0.4, 0.5) is 5.69 Å². The number of ether oxygens (including phenoxy) is 2. The van der Waals surface area contributed by atoms with Gasteiger partial charge in [-0.2, -0.15) is 0 Å². The molecule has 2 aromatic rings. The maximum Gasteiger partial charge on any atom is 0.291 e. The number of amides is 1. The van der Waals surface area contributed by atoms with E-state index in [0.717, 1.165) is 22.4 Å². The first kappa shape index (κ1) is 21.6. The molecule has 2 heterocycles. The van der Waals surface area contributed by atoms with E-state index in [4.69, 9.17) is 13.9 Å². The minimum atomic E-state index is -0.303. The second kappa shape index (κ2) is 9.13. The molecule has 1 aromatic carbocycles. The quantitative estimate of drug-likeness (QED) is 0.773. The number of hydrogen-bond donors (Lipinski definition) is 1. The van der Waals surface area contributed by atoms with Crippen molar-refractivity contribution in [3.8, 4) is 5.95 Å². The molecular weight excluding hydrogens is 382 g/mol. The van der Waals surface area contributed by atoms with E-state index in [1.54, 1.807) is 13.8 Å². The van der Waals surface area contributed by atoms with Crippen LogP contribution in [0, 0.1) is 13.8 Å². The Morgan fingerprint density at radius 1 is 1.17 bits per heavy atom. The summed E-state index contributed by atoms with van der Waals surface area (Å²) in [5, 5.41) is 2.76. The summed E-state index contributed by atoms with van der Waals surface area (Å²) in [5.41, 5.74) is 4.98. The zero-order chi connectivity index (χ0) is 21.8. The molecule has 1 aromatic heterocycles. The molecule has 3 rings (SSSR count). The third kappa shape index (κ3) is 4.89. The Labute approximate surface area is 176 Å². The molecule has 0 radical (unpaired) electrons. The van der Waals surface area contributed by atoms with Crippen LogP contribution in [0.1, 0.15) is 48.8 Å². The van der Waals surface area contributed by atoms with E-state index in [1.807, 2.05) is 31.2 Å². The number of nitrogens with one attached hydrogen (secondary N) is 1. The van der Waals surface area contributed by atoms with Crippen LogP contribution in [0.25, 0.3) is 6.08 Å². The van der Waals surface area contributed by atoms with E-state index < -0.39 is 0 Å². The standard InChI is InChI=1S/C24H27NO5/c1-14(10-18-6-8-20(9-7-18)25-17(4)26)11-19-12-21(29-13-19)23-15(2)22(27)16(3)24(28-5)30-23/h6-11,21H,12-13H2,1-5H3,(H,25,26)/b14-10+,19-11-. The molecule has 1 aliphatic heterocycles. The maximum atomic E-state index is 12.4. The normalized spacial score (nSPS) is 18.0.